The molecule has 0 aromatic carbocycles. The predicted molar refractivity (Wildman–Crippen MR) is 45.2 cm³/mol. The second-order valence-corrected chi connectivity index (χ2v) is 2.84. The number of aliphatic hydroxyl groups is 1. The third kappa shape index (κ3) is 1.76. The van der Waals surface area contributed by atoms with E-state index >= 15 is 0 Å². The molecular formula is C8H14N2O2. The normalized spacial score (nSPS) is 15.7. The van der Waals surface area contributed by atoms with E-state index in [-0.39, 0.29) is 6.04 Å². The minimum atomic E-state index is -0.408. The summed E-state index contributed by atoms with van der Waals surface area (Å²) >= 11 is 0. The van der Waals surface area contributed by atoms with Gasteiger partial charge in [-0.15, -0.1) is 0 Å². The summed E-state index contributed by atoms with van der Waals surface area (Å²) in [6, 6.07) is -0.0195. The van der Waals surface area contributed by atoms with Crippen molar-refractivity contribution in [2.75, 3.05) is 7.11 Å². The zero-order valence-corrected chi connectivity index (χ0v) is 7.56. The largest absolute Gasteiger partial charge is 0.493 e. The van der Waals surface area contributed by atoms with Crippen LogP contribution in [0.2, 0.25) is 0 Å². The summed E-state index contributed by atoms with van der Waals surface area (Å²) in [5, 5.41) is 13.3. The van der Waals surface area contributed by atoms with Gasteiger partial charge in [0.25, 0.3) is 0 Å². The van der Waals surface area contributed by atoms with E-state index in [9.17, 15) is 5.11 Å². The molecule has 0 radical (unpaired) electrons. The summed E-state index contributed by atoms with van der Waals surface area (Å²) in [7, 11) is 1.59. The third-order valence-corrected chi connectivity index (χ3v) is 1.93. The number of ether oxygens (including phenoxy) is 1. The molecule has 68 valence electrons. The van der Waals surface area contributed by atoms with Gasteiger partial charge in [-0.25, -0.2) is 0 Å². The summed E-state index contributed by atoms with van der Waals surface area (Å²) in [4.78, 5) is 0. The van der Waals surface area contributed by atoms with Crippen molar-refractivity contribution in [3.63, 3.8) is 0 Å². The van der Waals surface area contributed by atoms with Crippen LogP contribution in [-0.4, -0.2) is 28.1 Å². The molecule has 0 fully saturated rings. The Morgan fingerprint density at radius 3 is 2.67 bits per heavy atom. The van der Waals surface area contributed by atoms with E-state index in [2.05, 4.69) is 5.10 Å². The average molecular weight is 170 g/mol. The van der Waals surface area contributed by atoms with Gasteiger partial charge in [0.2, 0.25) is 0 Å². The van der Waals surface area contributed by atoms with E-state index in [0.717, 1.165) is 0 Å². The molecule has 2 unspecified atom stereocenters. The van der Waals surface area contributed by atoms with E-state index in [1.165, 1.54) is 0 Å². The highest BCUT2D eigenvalue weighted by atomic mass is 16.5. The Labute approximate surface area is 71.8 Å². The zero-order valence-electron chi connectivity index (χ0n) is 7.56. The molecule has 0 saturated heterocycles. The quantitative estimate of drug-likeness (QED) is 0.731. The molecule has 4 nitrogen and oxygen atoms in total. The van der Waals surface area contributed by atoms with Crippen molar-refractivity contribution in [2.24, 2.45) is 0 Å². The lowest BCUT2D eigenvalue weighted by Gasteiger charge is -2.14. The van der Waals surface area contributed by atoms with Crippen LogP contribution in [0.25, 0.3) is 0 Å². The van der Waals surface area contributed by atoms with E-state index in [0.29, 0.717) is 5.75 Å². The van der Waals surface area contributed by atoms with Crippen molar-refractivity contribution in [3.8, 4) is 5.75 Å². The molecule has 12 heavy (non-hydrogen) atoms. The molecule has 1 rings (SSSR count). The number of nitrogens with zero attached hydrogens (tertiary/aromatic N) is 2. The highest BCUT2D eigenvalue weighted by Gasteiger charge is 2.11. The number of hydrogen-bond donors (Lipinski definition) is 1. The molecule has 4 heteroatoms. The number of hydrogen-bond acceptors (Lipinski definition) is 3. The summed E-state index contributed by atoms with van der Waals surface area (Å²) in [6.45, 7) is 3.63. The second-order valence-electron chi connectivity index (χ2n) is 2.84. The van der Waals surface area contributed by atoms with Gasteiger partial charge in [-0.05, 0) is 13.8 Å². The van der Waals surface area contributed by atoms with Crippen LogP contribution in [0.15, 0.2) is 12.4 Å². The summed E-state index contributed by atoms with van der Waals surface area (Å²) in [6.07, 6.45) is 2.98. The zero-order chi connectivity index (χ0) is 9.14. The van der Waals surface area contributed by atoms with Gasteiger partial charge in [0.1, 0.15) is 0 Å². The maximum Gasteiger partial charge on any atom is 0.156 e. The van der Waals surface area contributed by atoms with Crippen molar-refractivity contribution in [2.45, 2.75) is 26.0 Å². The molecule has 1 aromatic heterocycles. The molecule has 0 amide bonds. The van der Waals surface area contributed by atoms with Crippen molar-refractivity contribution in [1.29, 1.82) is 0 Å². The molecule has 1 aromatic rings. The van der Waals surface area contributed by atoms with Gasteiger partial charge in [0, 0.05) is 0 Å². The molecule has 0 spiro atoms. The van der Waals surface area contributed by atoms with Crippen molar-refractivity contribution in [3.05, 3.63) is 12.4 Å². The number of aromatic nitrogens is 2. The maximum atomic E-state index is 9.25. The van der Waals surface area contributed by atoms with E-state index in [4.69, 9.17) is 4.74 Å². The lowest BCUT2D eigenvalue weighted by Crippen LogP contribution is -2.18. The Morgan fingerprint density at radius 2 is 2.25 bits per heavy atom. The van der Waals surface area contributed by atoms with Crippen LogP contribution in [0.3, 0.4) is 0 Å². The van der Waals surface area contributed by atoms with Crippen LogP contribution in [0.4, 0.5) is 0 Å². The first-order valence-electron chi connectivity index (χ1n) is 3.91. The standard InChI is InChI=1S/C8H14N2O2/c1-6(7(2)11)10-5-8(12-3)4-9-10/h4-7,11H,1-3H3. The fourth-order valence-electron chi connectivity index (χ4n) is 0.870. The van der Waals surface area contributed by atoms with Crippen LogP contribution >= 0.6 is 0 Å². The Morgan fingerprint density at radius 1 is 1.58 bits per heavy atom. The van der Waals surface area contributed by atoms with Crippen molar-refractivity contribution in [1.82, 2.24) is 9.78 Å². The Balaban J connectivity index is 2.74. The van der Waals surface area contributed by atoms with Crippen LogP contribution in [0, 0.1) is 0 Å². The fraction of sp³-hybridized carbons (Fsp3) is 0.625. The molecular weight excluding hydrogens is 156 g/mol. The van der Waals surface area contributed by atoms with Gasteiger partial charge < -0.3 is 9.84 Å². The van der Waals surface area contributed by atoms with Crippen LogP contribution in [-0.2, 0) is 0 Å². The summed E-state index contributed by atoms with van der Waals surface area (Å²) in [5.41, 5.74) is 0. The van der Waals surface area contributed by atoms with Crippen molar-refractivity contribution < 1.29 is 9.84 Å². The van der Waals surface area contributed by atoms with Crippen LogP contribution < -0.4 is 4.74 Å². The predicted octanol–water partition coefficient (Wildman–Crippen LogP) is 0.833. The van der Waals surface area contributed by atoms with Gasteiger partial charge in [-0.1, -0.05) is 0 Å². The van der Waals surface area contributed by atoms with Crippen LogP contribution in [0.5, 0.6) is 5.75 Å². The Bertz CT molecular complexity index is 245. The average Bonchev–Trinajstić information content (AvgIpc) is 2.50. The van der Waals surface area contributed by atoms with Gasteiger partial charge in [0.05, 0.1) is 31.6 Å². The summed E-state index contributed by atoms with van der Waals surface area (Å²) in [5.74, 6) is 0.711. The smallest absolute Gasteiger partial charge is 0.156 e. The lowest BCUT2D eigenvalue weighted by atomic mass is 10.2. The lowest BCUT2D eigenvalue weighted by molar-refractivity contribution is 0.132. The van der Waals surface area contributed by atoms with Gasteiger partial charge >= 0.3 is 0 Å². The van der Waals surface area contributed by atoms with E-state index in [1.54, 1.807) is 31.1 Å². The molecule has 2 atom stereocenters. The minimum absolute atomic E-state index is 0.0195. The SMILES string of the molecule is COc1cnn(C(C)C(C)O)c1. The maximum absolute atomic E-state index is 9.25. The molecule has 0 saturated carbocycles. The highest BCUT2D eigenvalue weighted by molar-refractivity contribution is 5.11. The summed E-state index contributed by atoms with van der Waals surface area (Å²) < 4.78 is 6.64. The topological polar surface area (TPSA) is 47.3 Å². The van der Waals surface area contributed by atoms with E-state index in [1.807, 2.05) is 6.92 Å². The van der Waals surface area contributed by atoms with E-state index < -0.39 is 6.10 Å². The van der Waals surface area contributed by atoms with Gasteiger partial charge in [-0.3, -0.25) is 4.68 Å². The van der Waals surface area contributed by atoms with Crippen molar-refractivity contribution >= 4 is 0 Å². The van der Waals surface area contributed by atoms with Crippen LogP contribution in [0.1, 0.15) is 19.9 Å². The highest BCUT2D eigenvalue weighted by Crippen LogP contribution is 2.14. The monoisotopic (exact) mass is 170 g/mol. The molecule has 1 N–H and O–H groups in total. The third-order valence-electron chi connectivity index (χ3n) is 1.93. The van der Waals surface area contributed by atoms with Gasteiger partial charge in [-0.2, -0.15) is 5.10 Å². The second kappa shape index (κ2) is 3.58. The molecule has 0 aliphatic rings. The minimum Gasteiger partial charge on any atom is -0.493 e. The molecule has 0 aliphatic heterocycles. The Kier molecular flexibility index (Phi) is 2.70. The number of aliphatic hydroxyl groups excluding tert-OH is 1. The fourth-order valence-corrected chi connectivity index (χ4v) is 0.870. The molecule has 0 bridgehead atoms. The van der Waals surface area contributed by atoms with Gasteiger partial charge in [0.15, 0.2) is 5.75 Å². The Hall–Kier alpha value is -1.03. The molecule has 0 aliphatic carbocycles. The first-order chi connectivity index (χ1) is 5.65. The first-order valence-corrected chi connectivity index (χ1v) is 3.91. The first kappa shape index (κ1) is 9.06. The molecule has 1 heterocycles. The number of methoxy groups -OCH3 is 1. The number of rotatable bonds is 3.